The largest absolute Gasteiger partial charge is 0.476 e. The maximum absolute atomic E-state index is 11.2. The fourth-order valence-electron chi connectivity index (χ4n) is 1.75. The molecule has 0 atom stereocenters. The van der Waals surface area contributed by atoms with Gasteiger partial charge in [-0.15, -0.1) is 5.10 Å². The van der Waals surface area contributed by atoms with Crippen LogP contribution in [0.1, 0.15) is 37.0 Å². The zero-order valence-electron chi connectivity index (χ0n) is 10.8. The summed E-state index contributed by atoms with van der Waals surface area (Å²) >= 11 is 2.02. The highest BCUT2D eigenvalue weighted by Crippen LogP contribution is 2.30. The normalized spacial score (nSPS) is 11.6. The van der Waals surface area contributed by atoms with Crippen LogP contribution >= 0.6 is 22.6 Å². The van der Waals surface area contributed by atoms with Crippen LogP contribution in [-0.4, -0.2) is 31.1 Å². The smallest absolute Gasteiger partial charge is 0.357 e. The van der Waals surface area contributed by atoms with Crippen LogP contribution < -0.4 is 0 Å². The van der Waals surface area contributed by atoms with E-state index >= 15 is 0 Å². The van der Waals surface area contributed by atoms with E-state index in [1.54, 1.807) is 23.0 Å². The molecule has 0 amide bonds. The first-order chi connectivity index (χ1) is 8.82. The third-order valence-electron chi connectivity index (χ3n) is 2.52. The fraction of sp³-hybridized carbons (Fsp3) is 0.333. The number of rotatable bonds is 2. The minimum Gasteiger partial charge on any atom is -0.476 e. The number of hydrogen-bond acceptors (Lipinski definition) is 4. The molecular formula is C12H13IN4O2. The Labute approximate surface area is 124 Å². The molecule has 0 aromatic carbocycles. The van der Waals surface area contributed by atoms with Crippen molar-refractivity contribution < 1.29 is 9.90 Å². The van der Waals surface area contributed by atoms with Crippen LogP contribution in [0.25, 0.3) is 5.82 Å². The standard InChI is InChI=1S/C12H13IN4O2/c1-12(2,3)10-8(13)9(11(18)19)16-17(10)7-5-4-6-14-15-7/h4-6H,1-3H3,(H,18,19). The molecule has 0 fully saturated rings. The Morgan fingerprint density at radius 3 is 2.58 bits per heavy atom. The maximum atomic E-state index is 11.2. The molecule has 0 aliphatic rings. The second-order valence-electron chi connectivity index (χ2n) is 5.06. The lowest BCUT2D eigenvalue weighted by Gasteiger charge is -2.20. The Bertz CT molecular complexity index is 617. The highest BCUT2D eigenvalue weighted by molar-refractivity contribution is 14.1. The second kappa shape index (κ2) is 4.87. The lowest BCUT2D eigenvalue weighted by atomic mass is 9.92. The van der Waals surface area contributed by atoms with E-state index in [9.17, 15) is 9.90 Å². The molecule has 0 spiro atoms. The third kappa shape index (κ3) is 2.60. The Kier molecular flexibility index (Phi) is 3.57. The first-order valence-electron chi connectivity index (χ1n) is 5.62. The van der Waals surface area contributed by atoms with E-state index in [-0.39, 0.29) is 11.1 Å². The molecule has 2 aromatic rings. The van der Waals surface area contributed by atoms with Crippen molar-refractivity contribution in [3.8, 4) is 5.82 Å². The van der Waals surface area contributed by atoms with Gasteiger partial charge in [-0.05, 0) is 34.7 Å². The molecule has 0 saturated carbocycles. The quantitative estimate of drug-likeness (QED) is 0.818. The summed E-state index contributed by atoms with van der Waals surface area (Å²) in [5, 5.41) is 21.2. The van der Waals surface area contributed by atoms with Crippen molar-refractivity contribution in [2.24, 2.45) is 0 Å². The highest BCUT2D eigenvalue weighted by atomic mass is 127. The van der Waals surface area contributed by atoms with E-state index in [4.69, 9.17) is 0 Å². The molecule has 2 rings (SSSR count). The fourth-order valence-corrected chi connectivity index (χ4v) is 3.13. The van der Waals surface area contributed by atoms with Gasteiger partial charge in [-0.25, -0.2) is 9.48 Å². The molecule has 0 aliphatic carbocycles. The summed E-state index contributed by atoms with van der Waals surface area (Å²) in [5.41, 5.74) is 0.594. The zero-order valence-corrected chi connectivity index (χ0v) is 12.9. The number of carbonyl (C=O) groups is 1. The summed E-state index contributed by atoms with van der Waals surface area (Å²) in [6.45, 7) is 6.01. The molecule has 7 heteroatoms. The number of carboxylic acid groups (broad SMARTS) is 1. The van der Waals surface area contributed by atoms with Crippen LogP contribution in [0.2, 0.25) is 0 Å². The van der Waals surface area contributed by atoms with Crippen LogP contribution in [-0.2, 0) is 5.41 Å². The zero-order chi connectivity index (χ0) is 14.2. The van der Waals surface area contributed by atoms with Gasteiger partial charge in [0.15, 0.2) is 11.5 Å². The third-order valence-corrected chi connectivity index (χ3v) is 3.54. The van der Waals surface area contributed by atoms with Gasteiger partial charge in [0.25, 0.3) is 0 Å². The van der Waals surface area contributed by atoms with Gasteiger partial charge in [-0.2, -0.15) is 10.2 Å². The summed E-state index contributed by atoms with van der Waals surface area (Å²) in [5.74, 6) is -0.532. The molecule has 0 saturated heterocycles. The molecule has 2 heterocycles. The van der Waals surface area contributed by atoms with Gasteiger partial charge in [0.05, 0.1) is 9.26 Å². The predicted molar refractivity (Wildman–Crippen MR) is 77.5 cm³/mol. The van der Waals surface area contributed by atoms with Crippen molar-refractivity contribution in [3.05, 3.63) is 33.3 Å². The number of carboxylic acids is 1. The molecule has 0 radical (unpaired) electrons. The summed E-state index contributed by atoms with van der Waals surface area (Å²) < 4.78 is 2.18. The van der Waals surface area contributed by atoms with E-state index in [2.05, 4.69) is 15.3 Å². The van der Waals surface area contributed by atoms with Crippen LogP contribution in [0.3, 0.4) is 0 Å². The second-order valence-corrected chi connectivity index (χ2v) is 6.14. The highest BCUT2D eigenvalue weighted by Gasteiger charge is 2.29. The van der Waals surface area contributed by atoms with E-state index < -0.39 is 5.97 Å². The molecule has 100 valence electrons. The average molecular weight is 372 g/mol. The van der Waals surface area contributed by atoms with E-state index in [0.717, 1.165) is 5.69 Å². The van der Waals surface area contributed by atoms with E-state index in [1.165, 1.54) is 0 Å². The molecule has 6 nitrogen and oxygen atoms in total. The SMILES string of the molecule is CC(C)(C)c1c(I)c(C(=O)O)nn1-c1cccnn1. The van der Waals surface area contributed by atoms with Crippen LogP contribution in [0.15, 0.2) is 18.3 Å². The number of nitrogens with zero attached hydrogens (tertiary/aromatic N) is 4. The van der Waals surface area contributed by atoms with Gasteiger partial charge >= 0.3 is 5.97 Å². The monoisotopic (exact) mass is 372 g/mol. The Balaban J connectivity index is 2.74. The van der Waals surface area contributed by atoms with E-state index in [1.807, 2.05) is 43.4 Å². The van der Waals surface area contributed by atoms with Crippen molar-refractivity contribution in [3.63, 3.8) is 0 Å². The van der Waals surface area contributed by atoms with Gasteiger partial charge in [0.2, 0.25) is 0 Å². The number of halogens is 1. The maximum Gasteiger partial charge on any atom is 0.357 e. The van der Waals surface area contributed by atoms with Crippen molar-refractivity contribution in [2.75, 3.05) is 0 Å². The first kappa shape index (κ1) is 13.9. The van der Waals surface area contributed by atoms with Crippen LogP contribution in [0, 0.1) is 3.57 Å². The van der Waals surface area contributed by atoms with Crippen molar-refractivity contribution >= 4 is 28.6 Å². The van der Waals surface area contributed by atoms with Crippen LogP contribution in [0.5, 0.6) is 0 Å². The molecule has 0 bridgehead atoms. The molecule has 0 unspecified atom stereocenters. The summed E-state index contributed by atoms with van der Waals surface area (Å²) in [7, 11) is 0. The lowest BCUT2D eigenvalue weighted by Crippen LogP contribution is -2.19. The number of aromatic nitrogens is 4. The Morgan fingerprint density at radius 2 is 2.11 bits per heavy atom. The van der Waals surface area contributed by atoms with Crippen molar-refractivity contribution in [2.45, 2.75) is 26.2 Å². The molecule has 0 aliphatic heterocycles. The van der Waals surface area contributed by atoms with Gasteiger partial charge in [-0.3, -0.25) is 0 Å². The molecular weight excluding hydrogens is 359 g/mol. The summed E-state index contributed by atoms with van der Waals surface area (Å²) in [6, 6.07) is 3.49. The first-order valence-corrected chi connectivity index (χ1v) is 6.70. The van der Waals surface area contributed by atoms with Crippen molar-refractivity contribution in [1.82, 2.24) is 20.0 Å². The minimum atomic E-state index is -1.04. The van der Waals surface area contributed by atoms with Gasteiger partial charge in [0, 0.05) is 11.6 Å². The molecule has 1 N–H and O–H groups in total. The molecule has 2 aromatic heterocycles. The van der Waals surface area contributed by atoms with Crippen molar-refractivity contribution in [1.29, 1.82) is 0 Å². The topological polar surface area (TPSA) is 80.9 Å². The van der Waals surface area contributed by atoms with E-state index in [0.29, 0.717) is 9.39 Å². The van der Waals surface area contributed by atoms with Gasteiger partial charge in [-0.1, -0.05) is 20.8 Å². The predicted octanol–water partition coefficient (Wildman–Crippen LogP) is 2.26. The van der Waals surface area contributed by atoms with Gasteiger partial charge in [0.1, 0.15) is 0 Å². The Hall–Kier alpha value is -1.51. The number of aromatic carboxylic acids is 1. The minimum absolute atomic E-state index is 0.0381. The lowest BCUT2D eigenvalue weighted by molar-refractivity contribution is 0.0689. The summed E-state index contributed by atoms with van der Waals surface area (Å²) in [4.78, 5) is 11.2. The Morgan fingerprint density at radius 1 is 1.42 bits per heavy atom. The van der Waals surface area contributed by atoms with Crippen LogP contribution in [0.4, 0.5) is 0 Å². The van der Waals surface area contributed by atoms with Gasteiger partial charge < -0.3 is 5.11 Å². The summed E-state index contributed by atoms with van der Waals surface area (Å²) in [6.07, 6.45) is 1.56. The number of hydrogen-bond donors (Lipinski definition) is 1. The average Bonchev–Trinajstić information content (AvgIpc) is 2.68. The molecule has 19 heavy (non-hydrogen) atoms.